The fourth-order valence-electron chi connectivity index (χ4n) is 1.80. The van der Waals surface area contributed by atoms with Crippen LogP contribution in [0.25, 0.3) is 0 Å². The maximum atomic E-state index is 3.45. The van der Waals surface area contributed by atoms with Gasteiger partial charge in [-0.2, -0.15) is 11.3 Å². The Morgan fingerprint density at radius 3 is 3.31 bits per heavy atom. The molecular weight excluding hydrogens is 180 g/mol. The van der Waals surface area contributed by atoms with Crippen molar-refractivity contribution in [1.29, 1.82) is 0 Å². The standard InChI is InChI=1S/C10H16N2S/c1-9-6-12(4-3-11-9)7-10-2-5-13-8-10/h2,5,8-9,11H,3-4,6-7H2,1H3/t9-/m0/s1. The summed E-state index contributed by atoms with van der Waals surface area (Å²) in [7, 11) is 0. The summed E-state index contributed by atoms with van der Waals surface area (Å²) in [5, 5.41) is 7.85. The van der Waals surface area contributed by atoms with Crippen LogP contribution >= 0.6 is 11.3 Å². The monoisotopic (exact) mass is 196 g/mol. The normalized spacial score (nSPS) is 24.8. The summed E-state index contributed by atoms with van der Waals surface area (Å²) in [5.74, 6) is 0. The van der Waals surface area contributed by atoms with Crippen LogP contribution in [-0.2, 0) is 6.54 Å². The average molecular weight is 196 g/mol. The van der Waals surface area contributed by atoms with Gasteiger partial charge in [0.05, 0.1) is 0 Å². The summed E-state index contributed by atoms with van der Waals surface area (Å²) in [6, 6.07) is 2.87. The molecule has 1 aliphatic heterocycles. The van der Waals surface area contributed by atoms with Crippen molar-refractivity contribution >= 4 is 11.3 Å². The molecular formula is C10H16N2S. The molecule has 0 unspecified atom stereocenters. The molecule has 0 aromatic carbocycles. The number of piperazine rings is 1. The van der Waals surface area contributed by atoms with Crippen molar-refractivity contribution in [2.24, 2.45) is 0 Å². The van der Waals surface area contributed by atoms with Gasteiger partial charge in [0.15, 0.2) is 0 Å². The lowest BCUT2D eigenvalue weighted by molar-refractivity contribution is 0.200. The van der Waals surface area contributed by atoms with E-state index in [4.69, 9.17) is 0 Å². The minimum absolute atomic E-state index is 0.646. The Morgan fingerprint density at radius 1 is 1.69 bits per heavy atom. The summed E-state index contributed by atoms with van der Waals surface area (Å²) in [5.41, 5.74) is 1.46. The van der Waals surface area contributed by atoms with E-state index in [0.29, 0.717) is 6.04 Å². The first-order valence-electron chi connectivity index (χ1n) is 4.81. The Bertz CT molecular complexity index is 245. The van der Waals surface area contributed by atoms with E-state index in [0.717, 1.165) is 13.1 Å². The van der Waals surface area contributed by atoms with E-state index in [1.165, 1.54) is 18.7 Å². The van der Waals surface area contributed by atoms with Gasteiger partial charge in [0.25, 0.3) is 0 Å². The maximum Gasteiger partial charge on any atom is 0.0243 e. The molecule has 1 aromatic heterocycles. The highest BCUT2D eigenvalue weighted by Crippen LogP contribution is 2.10. The molecule has 0 bridgehead atoms. The zero-order valence-electron chi connectivity index (χ0n) is 7.99. The summed E-state index contributed by atoms with van der Waals surface area (Å²) < 4.78 is 0. The van der Waals surface area contributed by atoms with Crippen LogP contribution in [-0.4, -0.2) is 30.6 Å². The second-order valence-corrected chi connectivity index (χ2v) is 4.50. The van der Waals surface area contributed by atoms with Crippen LogP contribution in [0.4, 0.5) is 0 Å². The van der Waals surface area contributed by atoms with Crippen molar-refractivity contribution in [3.8, 4) is 0 Å². The highest BCUT2D eigenvalue weighted by atomic mass is 32.1. The molecule has 13 heavy (non-hydrogen) atoms. The van der Waals surface area contributed by atoms with E-state index < -0.39 is 0 Å². The summed E-state index contributed by atoms with van der Waals surface area (Å²) in [4.78, 5) is 2.52. The Balaban J connectivity index is 1.87. The van der Waals surface area contributed by atoms with E-state index in [1.807, 2.05) is 0 Å². The zero-order chi connectivity index (χ0) is 9.10. The van der Waals surface area contributed by atoms with Crippen LogP contribution in [0.3, 0.4) is 0 Å². The van der Waals surface area contributed by atoms with Crippen LogP contribution in [0.2, 0.25) is 0 Å². The number of thiophene rings is 1. The molecule has 1 aromatic rings. The van der Waals surface area contributed by atoms with Crippen LogP contribution in [0, 0.1) is 0 Å². The minimum atomic E-state index is 0.646. The molecule has 3 heteroatoms. The van der Waals surface area contributed by atoms with Gasteiger partial charge in [-0.3, -0.25) is 4.90 Å². The van der Waals surface area contributed by atoms with Gasteiger partial charge in [0.2, 0.25) is 0 Å². The van der Waals surface area contributed by atoms with Crippen LogP contribution in [0.1, 0.15) is 12.5 Å². The third kappa shape index (κ3) is 2.53. The van der Waals surface area contributed by atoms with E-state index in [-0.39, 0.29) is 0 Å². The Labute approximate surface area is 83.6 Å². The zero-order valence-corrected chi connectivity index (χ0v) is 8.81. The van der Waals surface area contributed by atoms with Crippen LogP contribution in [0.5, 0.6) is 0 Å². The van der Waals surface area contributed by atoms with Crippen molar-refractivity contribution in [1.82, 2.24) is 10.2 Å². The first-order valence-corrected chi connectivity index (χ1v) is 5.75. The number of nitrogens with one attached hydrogen (secondary N) is 1. The highest BCUT2D eigenvalue weighted by molar-refractivity contribution is 7.07. The topological polar surface area (TPSA) is 15.3 Å². The second kappa shape index (κ2) is 4.22. The molecule has 1 fully saturated rings. The van der Waals surface area contributed by atoms with Gasteiger partial charge in [-0.05, 0) is 29.3 Å². The van der Waals surface area contributed by atoms with E-state index in [1.54, 1.807) is 11.3 Å². The molecule has 2 nitrogen and oxygen atoms in total. The molecule has 0 spiro atoms. The molecule has 1 aliphatic rings. The summed E-state index contributed by atoms with van der Waals surface area (Å²) >= 11 is 1.79. The van der Waals surface area contributed by atoms with E-state index in [2.05, 4.69) is 34.0 Å². The lowest BCUT2D eigenvalue weighted by atomic mass is 10.2. The maximum absolute atomic E-state index is 3.45. The smallest absolute Gasteiger partial charge is 0.0243 e. The molecule has 2 heterocycles. The lowest BCUT2D eigenvalue weighted by Crippen LogP contribution is -2.48. The molecule has 1 N–H and O–H groups in total. The molecule has 1 atom stereocenters. The third-order valence-corrected chi connectivity index (χ3v) is 3.17. The number of hydrogen-bond acceptors (Lipinski definition) is 3. The summed E-state index contributed by atoms with van der Waals surface area (Å²) in [6.07, 6.45) is 0. The molecule has 0 radical (unpaired) electrons. The average Bonchev–Trinajstić information content (AvgIpc) is 2.57. The van der Waals surface area contributed by atoms with Crippen molar-refractivity contribution in [3.63, 3.8) is 0 Å². The molecule has 0 amide bonds. The highest BCUT2D eigenvalue weighted by Gasteiger charge is 2.15. The predicted octanol–water partition coefficient (Wildman–Crippen LogP) is 1.54. The molecule has 1 saturated heterocycles. The van der Waals surface area contributed by atoms with Gasteiger partial charge >= 0.3 is 0 Å². The number of hydrogen-bond donors (Lipinski definition) is 1. The first kappa shape index (κ1) is 9.19. The van der Waals surface area contributed by atoms with Gasteiger partial charge in [-0.15, -0.1) is 0 Å². The molecule has 72 valence electrons. The van der Waals surface area contributed by atoms with Gasteiger partial charge in [0.1, 0.15) is 0 Å². The SMILES string of the molecule is C[C@H]1CN(Cc2ccsc2)CCN1. The lowest BCUT2D eigenvalue weighted by Gasteiger charge is -2.31. The summed E-state index contributed by atoms with van der Waals surface area (Å²) in [6.45, 7) is 6.86. The Hall–Kier alpha value is -0.380. The molecule has 0 saturated carbocycles. The second-order valence-electron chi connectivity index (χ2n) is 3.72. The molecule has 2 rings (SSSR count). The first-order chi connectivity index (χ1) is 6.34. The van der Waals surface area contributed by atoms with E-state index in [9.17, 15) is 0 Å². The Kier molecular flexibility index (Phi) is 2.98. The predicted molar refractivity (Wildman–Crippen MR) is 57.1 cm³/mol. The fourth-order valence-corrected chi connectivity index (χ4v) is 2.46. The van der Waals surface area contributed by atoms with Gasteiger partial charge < -0.3 is 5.32 Å². The fraction of sp³-hybridized carbons (Fsp3) is 0.600. The van der Waals surface area contributed by atoms with Crippen molar-refractivity contribution in [2.45, 2.75) is 19.5 Å². The number of rotatable bonds is 2. The third-order valence-electron chi connectivity index (χ3n) is 2.44. The van der Waals surface area contributed by atoms with Crippen molar-refractivity contribution in [2.75, 3.05) is 19.6 Å². The number of nitrogens with zero attached hydrogens (tertiary/aromatic N) is 1. The van der Waals surface area contributed by atoms with Gasteiger partial charge in [0, 0.05) is 32.2 Å². The minimum Gasteiger partial charge on any atom is -0.312 e. The van der Waals surface area contributed by atoms with E-state index >= 15 is 0 Å². The van der Waals surface area contributed by atoms with Gasteiger partial charge in [-0.1, -0.05) is 0 Å². The van der Waals surface area contributed by atoms with Crippen LogP contribution < -0.4 is 5.32 Å². The van der Waals surface area contributed by atoms with Gasteiger partial charge in [-0.25, -0.2) is 0 Å². The van der Waals surface area contributed by atoms with Crippen LogP contribution in [0.15, 0.2) is 16.8 Å². The van der Waals surface area contributed by atoms with Crippen molar-refractivity contribution in [3.05, 3.63) is 22.4 Å². The Morgan fingerprint density at radius 2 is 2.62 bits per heavy atom. The largest absolute Gasteiger partial charge is 0.312 e. The quantitative estimate of drug-likeness (QED) is 0.772. The van der Waals surface area contributed by atoms with Crippen molar-refractivity contribution < 1.29 is 0 Å². The molecule has 0 aliphatic carbocycles.